The number of aromatic carboxylic acids is 1. The van der Waals surface area contributed by atoms with Crippen molar-refractivity contribution in [2.24, 2.45) is 5.73 Å². The first-order chi connectivity index (χ1) is 61.9. The van der Waals surface area contributed by atoms with Gasteiger partial charge in [-0.1, -0.05) is 59.3 Å². The minimum Gasteiger partial charge on any atom is -0.491 e. The van der Waals surface area contributed by atoms with Crippen molar-refractivity contribution in [3.63, 3.8) is 0 Å². The quantitative estimate of drug-likeness (QED) is 0.0374. The summed E-state index contributed by atoms with van der Waals surface area (Å²) < 4.78 is 35.4. The maximum atomic E-state index is 13.3. The fourth-order valence-electron chi connectivity index (χ4n) is 22.2. The van der Waals surface area contributed by atoms with Gasteiger partial charge in [-0.3, -0.25) is 38.7 Å². The molecule has 3 saturated carbocycles. The van der Waals surface area contributed by atoms with Crippen LogP contribution >= 0.6 is 0 Å². The number of aromatic nitrogens is 6. The molecule has 34 heteroatoms. The number of benzene rings is 3. The van der Waals surface area contributed by atoms with Gasteiger partial charge in [-0.05, 0) is 152 Å². The van der Waals surface area contributed by atoms with Crippen LogP contribution < -0.4 is 75.9 Å². The van der Waals surface area contributed by atoms with E-state index in [1.165, 1.54) is 70.8 Å². The molecule has 8 N–H and O–H groups in total. The summed E-state index contributed by atoms with van der Waals surface area (Å²) in [6.07, 6.45) is 30.4. The molecule has 680 valence electrons. The summed E-state index contributed by atoms with van der Waals surface area (Å²) >= 11 is 0. The third-order valence-electron chi connectivity index (χ3n) is 28.9. The molecule has 9 fully saturated rings. The van der Waals surface area contributed by atoms with E-state index in [9.17, 15) is 33.9 Å². The van der Waals surface area contributed by atoms with E-state index >= 15 is 0 Å². The molecule has 12 aliphatic heterocycles. The lowest BCUT2D eigenvalue weighted by atomic mass is 10.0. The highest BCUT2D eigenvalue weighted by Crippen LogP contribution is 2.47. The van der Waals surface area contributed by atoms with Gasteiger partial charge in [-0.2, -0.15) is 15.0 Å². The zero-order chi connectivity index (χ0) is 87.7. The van der Waals surface area contributed by atoms with Crippen molar-refractivity contribution < 1.29 is 62.3 Å². The van der Waals surface area contributed by atoms with E-state index in [0.717, 1.165) is 168 Å². The number of nitrogens with zero attached hydrogens (tertiary/aromatic N) is 15. The summed E-state index contributed by atoms with van der Waals surface area (Å²) in [7, 11) is 5.39. The molecule has 15 heterocycles. The molecule has 6 saturated heterocycles. The van der Waals surface area contributed by atoms with Crippen molar-refractivity contribution in [3.8, 4) is 17.2 Å². The first-order valence-electron chi connectivity index (χ1n) is 46.9. The Bertz CT molecular complexity index is 4840. The number of ether oxygens (including phenoxy) is 6. The molecule has 34 nitrogen and oxygen atoms in total. The number of carbonyl (C=O) groups excluding carboxylic acids is 5. The second-order valence-corrected chi connectivity index (χ2v) is 36.5. The van der Waals surface area contributed by atoms with E-state index in [-0.39, 0.29) is 65.4 Å². The normalized spacial score (nSPS) is 25.4. The first kappa shape index (κ1) is 87.3. The monoisotopic (exact) mass is 1740 g/mol. The molecule has 0 bridgehead atoms. The molecule has 9 atom stereocenters. The lowest BCUT2D eigenvalue weighted by molar-refractivity contribution is -0.120. The second kappa shape index (κ2) is 38.5. The van der Waals surface area contributed by atoms with E-state index in [1.807, 2.05) is 31.2 Å². The summed E-state index contributed by atoms with van der Waals surface area (Å²) in [5.41, 5.74) is 13.8. The third kappa shape index (κ3) is 17.8. The van der Waals surface area contributed by atoms with Gasteiger partial charge in [0.05, 0.1) is 99.2 Å². The maximum absolute atomic E-state index is 13.3. The fourth-order valence-corrected chi connectivity index (χ4v) is 22.2. The van der Waals surface area contributed by atoms with Crippen molar-refractivity contribution >= 4 is 105 Å². The van der Waals surface area contributed by atoms with Crippen LogP contribution in [0.5, 0.6) is 17.2 Å². The Hall–Kier alpha value is -10.4. The third-order valence-corrected chi connectivity index (χ3v) is 28.9. The predicted molar refractivity (Wildman–Crippen MR) is 483 cm³/mol. The van der Waals surface area contributed by atoms with Crippen molar-refractivity contribution in [3.05, 3.63) is 88.4 Å². The summed E-state index contributed by atoms with van der Waals surface area (Å²) in [6, 6.07) is 12.7. The Morgan fingerprint density at radius 1 is 0.425 bits per heavy atom. The number of anilines is 12. The van der Waals surface area contributed by atoms with Crippen LogP contribution in [0.15, 0.2) is 55.0 Å². The average molecular weight is 1750 g/mol. The smallest absolute Gasteiger partial charge is 0.336 e. The summed E-state index contributed by atoms with van der Waals surface area (Å²) in [4.78, 5) is 125. The molecule has 0 radical (unpaired) electrons. The number of likely N-dealkylation sites (N-methyl/N-ethyl adjacent to an activating group) is 3. The zero-order valence-corrected chi connectivity index (χ0v) is 74.3. The van der Waals surface area contributed by atoms with E-state index in [4.69, 9.17) is 49.1 Å². The van der Waals surface area contributed by atoms with Gasteiger partial charge >= 0.3 is 5.97 Å². The van der Waals surface area contributed by atoms with Crippen LogP contribution in [0, 0.1) is 0 Å². The lowest BCUT2D eigenvalue weighted by Crippen LogP contribution is -2.55. The number of nitrogens with two attached hydrogens (primary N) is 1. The van der Waals surface area contributed by atoms with Gasteiger partial charge in [0.1, 0.15) is 52.4 Å². The minimum absolute atomic E-state index is 0.0140. The molecule has 127 heavy (non-hydrogen) atoms. The molecule has 0 unspecified atom stereocenters. The molecule has 0 spiro atoms. The number of amides is 5. The number of hydrogen-bond donors (Lipinski definition) is 7. The van der Waals surface area contributed by atoms with E-state index in [2.05, 4.69) is 84.8 Å². The topological polar surface area (TPSA) is 371 Å². The summed E-state index contributed by atoms with van der Waals surface area (Å²) in [5, 5.41) is 25.6. The Kier molecular flexibility index (Phi) is 26.5. The highest BCUT2D eigenvalue weighted by atomic mass is 16.5. The Morgan fingerprint density at radius 2 is 0.732 bits per heavy atom. The fraction of sp³-hybridized carbons (Fsp3) is 0.613. The highest BCUT2D eigenvalue weighted by molar-refractivity contribution is 6.07. The maximum Gasteiger partial charge on any atom is 0.336 e. The van der Waals surface area contributed by atoms with Crippen LogP contribution in [0.3, 0.4) is 0 Å². The standard InChI is InChI=1S/2C31H41N7O4.C23H27N5O4.C8H16N2O/c2*1-3-25-30(40)36(2)26-16-33-31(35-28(26)38(25)19-7-4-5-8-19)34-24-11-10-23(22-12-14-41-27(22)24)29(39)32-15-21-17-37-13-6-9-20(37)18-42-21;1-3-17-21(29)27(2)18-12-24-23(26-20(18)28(17)13-6-4-5-7-13)25-16-9-8-15(22(30)31)14-10-11-32-19(14)16;9-4-8-5-10-3-1-2-7(10)6-11-8/h2*10-11,16,19-21,25H,3-9,12-15,17-18H2,1-2H3,(H,32,39)(H,33,34,35);8-9,12-13,17H,3-7,10-11H2,1-2H3,(H,30,31)(H,24,25,26);7-8H,1-6,9H2/t2*20-,21-,25+;17-;7-,8-/m0010/s1. The zero-order valence-electron chi connectivity index (χ0n) is 74.3. The predicted octanol–water partition coefficient (Wildman–Crippen LogP) is 9.67. The van der Waals surface area contributed by atoms with Gasteiger partial charge in [-0.15, -0.1) is 0 Å². The van der Waals surface area contributed by atoms with Gasteiger partial charge < -0.3 is 95.2 Å². The van der Waals surface area contributed by atoms with Crippen molar-refractivity contribution in [2.75, 3.05) is 165 Å². The van der Waals surface area contributed by atoms with Crippen LogP contribution in [0.2, 0.25) is 0 Å². The van der Waals surface area contributed by atoms with Crippen LogP contribution in [0.4, 0.5) is 69.4 Å². The van der Waals surface area contributed by atoms with Crippen LogP contribution in [-0.2, 0) is 47.9 Å². The summed E-state index contributed by atoms with van der Waals surface area (Å²) in [6.45, 7) is 18.0. The van der Waals surface area contributed by atoms with E-state index < -0.39 is 5.97 Å². The Balaban J connectivity index is 0.000000122. The number of rotatable bonds is 20. The number of carboxylic acid groups (broad SMARTS) is 1. The van der Waals surface area contributed by atoms with Gasteiger partial charge in [-0.25, -0.2) is 19.7 Å². The molecule has 3 aliphatic carbocycles. The number of carboxylic acids is 1. The number of morpholine rings is 3. The molecular weight excluding hydrogens is 1620 g/mol. The summed E-state index contributed by atoms with van der Waals surface area (Å²) in [5.74, 6) is 4.61. The van der Waals surface area contributed by atoms with Crippen molar-refractivity contribution in [1.82, 2.24) is 55.2 Å². The van der Waals surface area contributed by atoms with Gasteiger partial charge in [0.15, 0.2) is 17.5 Å². The van der Waals surface area contributed by atoms with Crippen molar-refractivity contribution in [1.29, 1.82) is 0 Å². The Morgan fingerprint density at radius 3 is 1.06 bits per heavy atom. The van der Waals surface area contributed by atoms with E-state index in [0.29, 0.717) is 171 Å². The minimum atomic E-state index is -0.964. The van der Waals surface area contributed by atoms with Crippen LogP contribution in [-0.4, -0.2) is 278 Å². The van der Waals surface area contributed by atoms with Crippen LogP contribution in [0.1, 0.15) is 203 Å². The molecule has 6 aromatic rings. The number of carbonyl (C=O) groups is 6. The molecular formula is C93H125N21O13. The van der Waals surface area contributed by atoms with Gasteiger partial charge in [0, 0.05) is 144 Å². The number of fused-ring (bicyclic) bond motifs is 9. The van der Waals surface area contributed by atoms with Gasteiger partial charge in [0.25, 0.3) is 11.8 Å². The molecule has 15 aliphatic rings. The number of hydrogen-bond acceptors (Lipinski definition) is 28. The SMILES string of the molecule is CC[C@@H]1C(=O)N(C)c2cnc(Nc3ccc(C(=O)NC[C@H]4CN5CCC[C@H]5CO4)c4c3OCC4)nc2N1C1CCCC1.CC[C@@H]1C(=O)N(C)c2cnc(Nc3ccc(C(=O)NC[C@H]4CN5CCC[C@H]5CO4)c4c3OCC4)nc2N1C1CCCC1.CC[C@@H]1C(=O)N(C)c2cnc(Nc3ccc(C(=O)O)c4c3OCC4)nc2N1C1CCCC1.NC[C@H]1CN2CCC[C@H]2CO1. The first-order valence-corrected chi connectivity index (χ1v) is 46.9. The molecule has 3 aromatic heterocycles. The van der Waals surface area contributed by atoms with Crippen LogP contribution in [0.25, 0.3) is 0 Å². The second-order valence-electron chi connectivity index (χ2n) is 36.5. The number of nitrogens with one attached hydrogen (secondary N) is 5. The average Bonchev–Trinajstić information content (AvgIpc) is 1.65. The largest absolute Gasteiger partial charge is 0.491 e. The van der Waals surface area contributed by atoms with Gasteiger partial charge in [0.2, 0.25) is 35.6 Å². The molecule has 5 amide bonds. The highest BCUT2D eigenvalue weighted by Gasteiger charge is 2.47. The molecule has 21 rings (SSSR count). The molecule has 3 aromatic carbocycles. The van der Waals surface area contributed by atoms with Crippen molar-refractivity contribution in [2.45, 2.75) is 248 Å². The van der Waals surface area contributed by atoms with E-state index in [1.54, 1.807) is 66.6 Å². The Labute approximate surface area is 742 Å². The lowest BCUT2D eigenvalue weighted by Gasteiger charge is -2.43.